The zero-order valence-electron chi connectivity index (χ0n) is 12.1. The smallest absolute Gasteiger partial charge is 0.265 e. The van der Waals surface area contributed by atoms with E-state index in [2.05, 4.69) is 0 Å². The van der Waals surface area contributed by atoms with Gasteiger partial charge in [-0.3, -0.25) is 9.59 Å². The third kappa shape index (κ3) is 2.29. The van der Waals surface area contributed by atoms with Gasteiger partial charge in [0, 0.05) is 5.39 Å². The Hall–Kier alpha value is -2.88. The number of aromatic nitrogens is 1. The van der Waals surface area contributed by atoms with Crippen molar-refractivity contribution in [3.63, 3.8) is 0 Å². The lowest BCUT2D eigenvalue weighted by Crippen LogP contribution is -2.24. The first kappa shape index (κ1) is 14.1. The molecule has 1 heterocycles. The van der Waals surface area contributed by atoms with Gasteiger partial charge in [0.2, 0.25) is 0 Å². The van der Waals surface area contributed by atoms with E-state index in [1.54, 1.807) is 12.1 Å². The van der Waals surface area contributed by atoms with Gasteiger partial charge in [0.25, 0.3) is 5.56 Å². The van der Waals surface area contributed by atoms with Gasteiger partial charge in [-0.25, -0.2) is 0 Å². The molecule has 0 fully saturated rings. The summed E-state index contributed by atoms with van der Waals surface area (Å²) in [7, 11) is 0. The fourth-order valence-corrected chi connectivity index (χ4v) is 2.61. The third-order valence-electron chi connectivity index (χ3n) is 3.73. The Kier molecular flexibility index (Phi) is 3.51. The van der Waals surface area contributed by atoms with Crippen LogP contribution >= 0.6 is 0 Å². The Morgan fingerprint density at radius 3 is 2.55 bits per heavy atom. The van der Waals surface area contributed by atoms with Gasteiger partial charge >= 0.3 is 0 Å². The maximum atomic E-state index is 12.5. The molecule has 0 aliphatic rings. The highest BCUT2D eigenvalue weighted by Gasteiger charge is 2.16. The van der Waals surface area contributed by atoms with E-state index >= 15 is 0 Å². The number of aryl methyl sites for hydroxylation is 1. The third-order valence-corrected chi connectivity index (χ3v) is 3.73. The molecule has 0 unspecified atom stereocenters. The minimum atomic E-state index is -0.479. The summed E-state index contributed by atoms with van der Waals surface area (Å²) in [5.74, 6) is -0.247. The van der Waals surface area contributed by atoms with E-state index in [9.17, 15) is 14.7 Å². The van der Waals surface area contributed by atoms with Gasteiger partial charge in [0.05, 0.1) is 12.1 Å². The molecule has 110 valence electrons. The Morgan fingerprint density at radius 2 is 1.86 bits per heavy atom. The average Bonchev–Trinajstić information content (AvgIpc) is 2.53. The lowest BCUT2D eigenvalue weighted by Gasteiger charge is -2.13. The first-order valence-corrected chi connectivity index (χ1v) is 6.97. The highest BCUT2D eigenvalue weighted by atomic mass is 16.3. The molecule has 0 bridgehead atoms. The molecular formula is C18H15NO3. The van der Waals surface area contributed by atoms with Crippen molar-refractivity contribution >= 4 is 17.2 Å². The predicted octanol–water partition coefficient (Wildman–Crippen LogP) is 2.88. The van der Waals surface area contributed by atoms with Crippen LogP contribution in [0.5, 0.6) is 5.75 Å². The Bertz CT molecular complexity index is 911. The van der Waals surface area contributed by atoms with Crippen LogP contribution in [0.3, 0.4) is 0 Å². The van der Waals surface area contributed by atoms with E-state index < -0.39 is 5.56 Å². The number of fused-ring (bicyclic) bond motifs is 1. The van der Waals surface area contributed by atoms with Gasteiger partial charge in [-0.2, -0.15) is 0 Å². The van der Waals surface area contributed by atoms with Crippen molar-refractivity contribution in [2.24, 2.45) is 0 Å². The van der Waals surface area contributed by atoms with E-state index in [1.807, 2.05) is 43.3 Å². The van der Waals surface area contributed by atoms with Gasteiger partial charge in [0.15, 0.2) is 6.29 Å². The summed E-state index contributed by atoms with van der Waals surface area (Å²) in [6.07, 6.45) is 0.418. The average molecular weight is 293 g/mol. The number of aldehydes is 1. The summed E-state index contributed by atoms with van der Waals surface area (Å²) in [4.78, 5) is 23.7. The molecular weight excluding hydrogens is 278 g/mol. The van der Waals surface area contributed by atoms with Crippen LogP contribution in [0.2, 0.25) is 0 Å². The highest BCUT2D eigenvalue weighted by molar-refractivity contribution is 5.93. The molecule has 22 heavy (non-hydrogen) atoms. The summed E-state index contributed by atoms with van der Waals surface area (Å²) in [6, 6.07) is 15.0. The van der Waals surface area contributed by atoms with Crippen molar-refractivity contribution in [2.45, 2.75) is 13.5 Å². The lowest BCUT2D eigenvalue weighted by atomic mass is 10.1. The Morgan fingerprint density at radius 1 is 1.14 bits per heavy atom. The van der Waals surface area contributed by atoms with E-state index in [-0.39, 0.29) is 11.3 Å². The molecule has 1 N–H and O–H groups in total. The fourth-order valence-electron chi connectivity index (χ4n) is 2.61. The van der Waals surface area contributed by atoms with Crippen LogP contribution in [0.4, 0.5) is 0 Å². The SMILES string of the molecule is Cc1ccc2c(c1)c(O)c(C=O)c(=O)n2Cc1ccccc1. The summed E-state index contributed by atoms with van der Waals surface area (Å²) >= 11 is 0. The number of carbonyl (C=O) groups is 1. The van der Waals surface area contributed by atoms with Crippen molar-refractivity contribution in [2.75, 3.05) is 0 Å². The second-order valence-electron chi connectivity index (χ2n) is 5.28. The largest absolute Gasteiger partial charge is 0.506 e. The van der Waals surface area contributed by atoms with Crippen LogP contribution in [-0.2, 0) is 6.54 Å². The van der Waals surface area contributed by atoms with Gasteiger partial charge in [-0.15, -0.1) is 0 Å². The monoisotopic (exact) mass is 293 g/mol. The lowest BCUT2D eigenvalue weighted by molar-refractivity contribution is 0.111. The molecule has 0 aliphatic heterocycles. The molecule has 3 aromatic rings. The summed E-state index contributed by atoms with van der Waals surface area (Å²) in [6.45, 7) is 2.24. The van der Waals surface area contributed by atoms with E-state index in [0.717, 1.165) is 11.1 Å². The van der Waals surface area contributed by atoms with Crippen LogP contribution < -0.4 is 5.56 Å². The highest BCUT2D eigenvalue weighted by Crippen LogP contribution is 2.26. The molecule has 0 amide bonds. The second-order valence-corrected chi connectivity index (χ2v) is 5.28. The molecule has 2 aromatic carbocycles. The number of hydrogen-bond acceptors (Lipinski definition) is 3. The van der Waals surface area contributed by atoms with Gasteiger partial charge in [-0.05, 0) is 24.6 Å². The standard InChI is InChI=1S/C18H15NO3/c1-12-7-8-16-14(9-12)17(21)15(11-20)18(22)19(16)10-13-5-3-2-4-6-13/h2-9,11,21H,10H2,1H3. The minimum absolute atomic E-state index is 0.200. The number of carbonyl (C=O) groups excluding carboxylic acids is 1. The number of hydrogen-bond donors (Lipinski definition) is 1. The number of aromatic hydroxyl groups is 1. The molecule has 0 saturated heterocycles. The van der Waals surface area contributed by atoms with Crippen LogP contribution in [-0.4, -0.2) is 16.0 Å². The zero-order valence-corrected chi connectivity index (χ0v) is 12.1. The number of nitrogens with zero attached hydrogens (tertiary/aromatic N) is 1. The molecule has 0 radical (unpaired) electrons. The number of rotatable bonds is 3. The van der Waals surface area contributed by atoms with Gasteiger partial charge in [0.1, 0.15) is 11.3 Å². The normalized spacial score (nSPS) is 10.8. The van der Waals surface area contributed by atoms with Crippen molar-refractivity contribution in [3.8, 4) is 5.75 Å². The topological polar surface area (TPSA) is 59.3 Å². The summed E-state index contributed by atoms with van der Waals surface area (Å²) in [5.41, 5.74) is 1.84. The Balaban J connectivity index is 2.33. The number of benzene rings is 2. The molecule has 4 nitrogen and oxygen atoms in total. The van der Waals surface area contributed by atoms with E-state index in [1.165, 1.54) is 4.57 Å². The Labute approximate surface area is 127 Å². The maximum absolute atomic E-state index is 12.5. The predicted molar refractivity (Wildman–Crippen MR) is 85.5 cm³/mol. The maximum Gasteiger partial charge on any atom is 0.265 e. The van der Waals surface area contributed by atoms with Crippen molar-refractivity contribution in [3.05, 3.63) is 75.6 Å². The molecule has 1 aromatic heterocycles. The van der Waals surface area contributed by atoms with Crippen LogP contribution in [0, 0.1) is 6.92 Å². The molecule has 4 heteroatoms. The van der Waals surface area contributed by atoms with Crippen LogP contribution in [0.1, 0.15) is 21.5 Å². The zero-order chi connectivity index (χ0) is 15.7. The first-order chi connectivity index (χ1) is 10.6. The van der Waals surface area contributed by atoms with Gasteiger partial charge in [-0.1, -0.05) is 42.0 Å². The quantitative estimate of drug-likeness (QED) is 0.755. The molecule has 0 aliphatic carbocycles. The minimum Gasteiger partial charge on any atom is -0.506 e. The van der Waals surface area contributed by atoms with Gasteiger partial charge < -0.3 is 9.67 Å². The number of pyridine rings is 1. The molecule has 0 saturated carbocycles. The summed E-state index contributed by atoms with van der Waals surface area (Å²) in [5, 5.41) is 10.7. The second kappa shape index (κ2) is 5.48. The van der Waals surface area contributed by atoms with E-state index in [0.29, 0.717) is 23.7 Å². The van der Waals surface area contributed by atoms with Crippen molar-refractivity contribution in [1.29, 1.82) is 0 Å². The van der Waals surface area contributed by atoms with Crippen molar-refractivity contribution in [1.82, 2.24) is 4.57 Å². The molecule has 3 rings (SSSR count). The van der Waals surface area contributed by atoms with Crippen LogP contribution in [0.15, 0.2) is 53.3 Å². The molecule has 0 spiro atoms. The van der Waals surface area contributed by atoms with Crippen LogP contribution in [0.25, 0.3) is 10.9 Å². The molecule has 0 atom stereocenters. The van der Waals surface area contributed by atoms with E-state index in [4.69, 9.17) is 0 Å². The first-order valence-electron chi connectivity index (χ1n) is 6.97. The van der Waals surface area contributed by atoms with Crippen molar-refractivity contribution < 1.29 is 9.90 Å². The summed E-state index contributed by atoms with van der Waals surface area (Å²) < 4.78 is 1.52. The fraction of sp³-hybridized carbons (Fsp3) is 0.111.